The lowest BCUT2D eigenvalue weighted by molar-refractivity contribution is -0.167. The highest BCUT2D eigenvalue weighted by Gasteiger charge is 2.19. The summed E-state index contributed by atoms with van der Waals surface area (Å²) in [5.41, 5.74) is 0. The van der Waals surface area contributed by atoms with Crippen LogP contribution in [0.1, 0.15) is 291 Å². The first-order chi connectivity index (χ1) is 28.4. The lowest BCUT2D eigenvalue weighted by atomic mass is 9.99. The van der Waals surface area contributed by atoms with Crippen LogP contribution in [-0.2, 0) is 28.6 Å². The molecule has 0 amide bonds. The van der Waals surface area contributed by atoms with Crippen LogP contribution in [0.4, 0.5) is 0 Å². The van der Waals surface area contributed by atoms with E-state index in [4.69, 9.17) is 14.2 Å². The van der Waals surface area contributed by atoms with Gasteiger partial charge in [-0.05, 0) is 25.2 Å². The Kier molecular flexibility index (Phi) is 45.2. The third kappa shape index (κ3) is 44.0. The minimum atomic E-state index is -0.760. The summed E-state index contributed by atoms with van der Waals surface area (Å²) < 4.78 is 16.8. The van der Waals surface area contributed by atoms with Crippen molar-refractivity contribution in [2.45, 2.75) is 297 Å². The molecule has 344 valence electrons. The molecule has 0 N–H and O–H groups in total. The van der Waals surface area contributed by atoms with Gasteiger partial charge in [0, 0.05) is 19.3 Å². The van der Waals surface area contributed by atoms with Gasteiger partial charge in [-0.1, -0.05) is 252 Å². The maximum atomic E-state index is 12.8. The molecule has 0 aromatic heterocycles. The third-order valence-electron chi connectivity index (χ3n) is 12.2. The quantitative estimate of drug-likeness (QED) is 0.0346. The topological polar surface area (TPSA) is 78.9 Å². The Labute approximate surface area is 361 Å². The summed E-state index contributed by atoms with van der Waals surface area (Å²) in [6, 6.07) is 0. The fourth-order valence-corrected chi connectivity index (χ4v) is 7.83. The molecule has 0 saturated carbocycles. The number of unbranched alkanes of at least 4 members (excludes halogenated alkanes) is 33. The fraction of sp³-hybridized carbons (Fsp3) is 0.942. The summed E-state index contributed by atoms with van der Waals surface area (Å²) in [5.74, 6) is 0.0213. The van der Waals surface area contributed by atoms with Crippen LogP contribution in [0.5, 0.6) is 0 Å². The number of carbonyl (C=O) groups excluding carboxylic acids is 3. The van der Waals surface area contributed by atoms with E-state index in [1.807, 2.05) is 0 Å². The fourth-order valence-electron chi connectivity index (χ4n) is 7.83. The summed E-state index contributed by atoms with van der Waals surface area (Å²) in [6.45, 7) is 9.04. The molecular formula is C52H100O6. The summed E-state index contributed by atoms with van der Waals surface area (Å²) in [7, 11) is 0. The van der Waals surface area contributed by atoms with Gasteiger partial charge in [0.1, 0.15) is 13.2 Å². The third-order valence-corrected chi connectivity index (χ3v) is 12.2. The molecule has 0 aliphatic heterocycles. The molecule has 0 rings (SSSR count). The molecule has 1 unspecified atom stereocenters. The average molecular weight is 821 g/mol. The van der Waals surface area contributed by atoms with E-state index in [9.17, 15) is 14.4 Å². The van der Waals surface area contributed by atoms with Gasteiger partial charge in [-0.15, -0.1) is 0 Å². The van der Waals surface area contributed by atoms with E-state index in [0.29, 0.717) is 19.3 Å². The smallest absolute Gasteiger partial charge is 0.306 e. The predicted molar refractivity (Wildman–Crippen MR) is 247 cm³/mol. The minimum Gasteiger partial charge on any atom is -0.462 e. The summed E-state index contributed by atoms with van der Waals surface area (Å²) in [6.07, 6.45) is 47.9. The van der Waals surface area contributed by atoms with Crippen LogP contribution in [0.2, 0.25) is 0 Å². The molecule has 2 atom stereocenters. The van der Waals surface area contributed by atoms with Gasteiger partial charge >= 0.3 is 17.9 Å². The molecule has 0 saturated heterocycles. The molecule has 0 aliphatic rings. The zero-order chi connectivity index (χ0) is 42.4. The van der Waals surface area contributed by atoms with Crippen molar-refractivity contribution in [3.05, 3.63) is 0 Å². The van der Waals surface area contributed by atoms with Gasteiger partial charge in [0.2, 0.25) is 0 Å². The second kappa shape index (κ2) is 46.5. The van der Waals surface area contributed by atoms with E-state index >= 15 is 0 Å². The second-order valence-corrected chi connectivity index (χ2v) is 18.1. The first-order valence-electron chi connectivity index (χ1n) is 25.9. The standard InChI is InChI=1S/C52H100O6/c1-5-8-10-12-14-16-18-19-20-21-22-23-28-32-36-40-44-51(54)57-47-49(46-56-50(53)43-39-35-31-27-17-15-13-11-9-6-2)58-52(55)45-41-37-33-29-25-24-26-30-34-38-42-48(4)7-3/h48-49H,5-47H2,1-4H3/t48?,49-/m1/s1. The number of hydrogen-bond acceptors (Lipinski definition) is 6. The minimum absolute atomic E-state index is 0.0629. The van der Waals surface area contributed by atoms with Crippen molar-refractivity contribution in [1.82, 2.24) is 0 Å². The van der Waals surface area contributed by atoms with Gasteiger partial charge in [-0.3, -0.25) is 14.4 Å². The largest absolute Gasteiger partial charge is 0.462 e. The highest BCUT2D eigenvalue weighted by Crippen LogP contribution is 2.17. The molecule has 0 radical (unpaired) electrons. The van der Waals surface area contributed by atoms with Crippen LogP contribution in [0, 0.1) is 5.92 Å². The van der Waals surface area contributed by atoms with Gasteiger partial charge < -0.3 is 14.2 Å². The number of hydrogen-bond donors (Lipinski definition) is 0. The monoisotopic (exact) mass is 821 g/mol. The van der Waals surface area contributed by atoms with Crippen molar-refractivity contribution in [1.29, 1.82) is 0 Å². The van der Waals surface area contributed by atoms with Crippen LogP contribution >= 0.6 is 0 Å². The van der Waals surface area contributed by atoms with Crippen LogP contribution < -0.4 is 0 Å². The van der Waals surface area contributed by atoms with Crippen LogP contribution in [0.25, 0.3) is 0 Å². The van der Waals surface area contributed by atoms with Crippen LogP contribution in [-0.4, -0.2) is 37.2 Å². The molecule has 0 spiro atoms. The van der Waals surface area contributed by atoms with Gasteiger partial charge in [0.15, 0.2) is 6.10 Å². The highest BCUT2D eigenvalue weighted by molar-refractivity contribution is 5.71. The van der Waals surface area contributed by atoms with Crippen molar-refractivity contribution in [3.63, 3.8) is 0 Å². The maximum Gasteiger partial charge on any atom is 0.306 e. The molecule has 58 heavy (non-hydrogen) atoms. The molecule has 0 bridgehead atoms. The Morgan fingerprint density at radius 2 is 0.603 bits per heavy atom. The van der Waals surface area contributed by atoms with E-state index in [1.165, 1.54) is 186 Å². The Morgan fingerprint density at radius 3 is 0.897 bits per heavy atom. The molecule has 0 fully saturated rings. The van der Waals surface area contributed by atoms with E-state index < -0.39 is 6.10 Å². The molecule has 0 aliphatic carbocycles. The summed E-state index contributed by atoms with van der Waals surface area (Å²) in [5, 5.41) is 0. The maximum absolute atomic E-state index is 12.8. The zero-order valence-electron chi connectivity index (χ0n) is 39.5. The number of ether oxygens (including phenoxy) is 3. The van der Waals surface area contributed by atoms with Crippen molar-refractivity contribution in [2.75, 3.05) is 13.2 Å². The van der Waals surface area contributed by atoms with E-state index in [0.717, 1.165) is 63.7 Å². The predicted octanol–water partition coefficient (Wildman–Crippen LogP) is 16.7. The molecule has 6 heteroatoms. The first-order valence-corrected chi connectivity index (χ1v) is 25.9. The van der Waals surface area contributed by atoms with Gasteiger partial charge in [-0.2, -0.15) is 0 Å². The normalized spacial score (nSPS) is 12.4. The SMILES string of the molecule is CCCCCCCCCCCCCCCCCCC(=O)OC[C@@H](COC(=O)CCCCCCCCCCCC)OC(=O)CCCCCCCCCCCCC(C)CC. The lowest BCUT2D eigenvalue weighted by Gasteiger charge is -2.18. The lowest BCUT2D eigenvalue weighted by Crippen LogP contribution is -2.30. The van der Waals surface area contributed by atoms with Crippen LogP contribution in [0.3, 0.4) is 0 Å². The Hall–Kier alpha value is -1.59. The molecular weight excluding hydrogens is 721 g/mol. The summed E-state index contributed by atoms with van der Waals surface area (Å²) in [4.78, 5) is 37.9. The van der Waals surface area contributed by atoms with Crippen molar-refractivity contribution in [2.24, 2.45) is 5.92 Å². The Balaban J connectivity index is 4.29. The number of esters is 3. The Morgan fingerprint density at radius 1 is 0.345 bits per heavy atom. The van der Waals surface area contributed by atoms with E-state index in [-0.39, 0.29) is 31.1 Å². The van der Waals surface area contributed by atoms with Crippen molar-refractivity contribution in [3.8, 4) is 0 Å². The Bertz CT molecular complexity index is 874. The zero-order valence-corrected chi connectivity index (χ0v) is 39.5. The number of carbonyl (C=O) groups is 3. The number of rotatable bonds is 47. The van der Waals surface area contributed by atoms with E-state index in [1.54, 1.807) is 0 Å². The molecule has 6 nitrogen and oxygen atoms in total. The van der Waals surface area contributed by atoms with Crippen molar-refractivity contribution < 1.29 is 28.6 Å². The molecule has 0 aromatic rings. The molecule has 0 heterocycles. The van der Waals surface area contributed by atoms with Gasteiger partial charge in [-0.25, -0.2) is 0 Å². The summed E-state index contributed by atoms with van der Waals surface area (Å²) >= 11 is 0. The first kappa shape index (κ1) is 56.4. The van der Waals surface area contributed by atoms with Gasteiger partial charge in [0.05, 0.1) is 0 Å². The van der Waals surface area contributed by atoms with Crippen LogP contribution in [0.15, 0.2) is 0 Å². The average Bonchev–Trinajstić information content (AvgIpc) is 3.22. The van der Waals surface area contributed by atoms with Crippen molar-refractivity contribution >= 4 is 17.9 Å². The second-order valence-electron chi connectivity index (χ2n) is 18.1. The highest BCUT2D eigenvalue weighted by atomic mass is 16.6. The van der Waals surface area contributed by atoms with Gasteiger partial charge in [0.25, 0.3) is 0 Å². The molecule has 0 aromatic carbocycles. The van der Waals surface area contributed by atoms with E-state index in [2.05, 4.69) is 27.7 Å².